The van der Waals surface area contributed by atoms with Crippen molar-refractivity contribution in [2.45, 2.75) is 70.3 Å². The van der Waals surface area contributed by atoms with E-state index in [0.717, 1.165) is 48.3 Å². The highest BCUT2D eigenvalue weighted by atomic mass is 16.5. The Hall–Kier alpha value is -0.120. The highest BCUT2D eigenvalue weighted by Gasteiger charge is 2.57. The summed E-state index contributed by atoms with van der Waals surface area (Å²) in [5, 5.41) is 14.3. The van der Waals surface area contributed by atoms with Gasteiger partial charge in [-0.15, -0.1) is 0 Å². The zero-order valence-corrected chi connectivity index (χ0v) is 16.6. The van der Waals surface area contributed by atoms with Crippen LogP contribution in [-0.4, -0.2) is 38.0 Å². The van der Waals surface area contributed by atoms with E-state index in [1.54, 1.807) is 7.11 Å². The van der Waals surface area contributed by atoms with Crippen LogP contribution in [0, 0.1) is 40.9 Å². The van der Waals surface area contributed by atoms with Crippen LogP contribution in [0.3, 0.4) is 0 Å². The summed E-state index contributed by atoms with van der Waals surface area (Å²) in [6.07, 6.45) is 11.7. The van der Waals surface area contributed by atoms with Gasteiger partial charge in [-0.1, -0.05) is 6.92 Å². The second-order valence-corrected chi connectivity index (χ2v) is 10.2. The van der Waals surface area contributed by atoms with Gasteiger partial charge in [0.15, 0.2) is 0 Å². The maximum Gasteiger partial charge on any atom is 0.0882 e. The summed E-state index contributed by atoms with van der Waals surface area (Å²) < 4.78 is 5.32. The van der Waals surface area contributed by atoms with Crippen LogP contribution >= 0.6 is 0 Å². The van der Waals surface area contributed by atoms with E-state index in [2.05, 4.69) is 19.3 Å². The van der Waals surface area contributed by atoms with Gasteiger partial charge in [-0.05, 0) is 112 Å². The average molecular weight is 350 g/mol. The molecule has 0 radical (unpaired) electrons. The molecule has 8 unspecified atom stereocenters. The molecule has 0 saturated heterocycles. The predicted octanol–water partition coefficient (Wildman–Crippen LogP) is 3.85. The van der Waals surface area contributed by atoms with Gasteiger partial charge in [0.25, 0.3) is 0 Å². The van der Waals surface area contributed by atoms with Gasteiger partial charge < -0.3 is 15.2 Å². The minimum Gasteiger partial charge on any atom is -0.387 e. The molecule has 2 N–H and O–H groups in total. The van der Waals surface area contributed by atoms with Crippen molar-refractivity contribution in [3.63, 3.8) is 0 Å². The summed E-state index contributed by atoms with van der Waals surface area (Å²) >= 11 is 0. The van der Waals surface area contributed by atoms with Crippen molar-refractivity contribution in [2.24, 2.45) is 40.9 Å². The lowest BCUT2D eigenvalue weighted by Crippen LogP contribution is -2.52. The first-order valence-corrected chi connectivity index (χ1v) is 10.9. The lowest BCUT2D eigenvalue weighted by Gasteiger charge is -2.57. The van der Waals surface area contributed by atoms with Crippen molar-refractivity contribution in [1.29, 1.82) is 0 Å². The number of ether oxygens (including phenoxy) is 1. The minimum atomic E-state index is -0.544. The minimum absolute atomic E-state index is 0.525. The largest absolute Gasteiger partial charge is 0.387 e. The summed E-state index contributed by atoms with van der Waals surface area (Å²) in [6.45, 7) is 4.35. The summed E-state index contributed by atoms with van der Waals surface area (Å²) in [4.78, 5) is 0. The number of aliphatic hydroxyl groups is 1. The van der Waals surface area contributed by atoms with E-state index in [9.17, 15) is 5.11 Å². The molecule has 0 aromatic carbocycles. The molecule has 4 aliphatic rings. The van der Waals surface area contributed by atoms with Crippen molar-refractivity contribution in [3.05, 3.63) is 0 Å². The van der Waals surface area contributed by atoms with Crippen molar-refractivity contribution in [2.75, 3.05) is 27.3 Å². The average Bonchev–Trinajstić information content (AvgIpc) is 2.91. The van der Waals surface area contributed by atoms with Crippen LogP contribution in [0.25, 0.3) is 0 Å². The fourth-order valence-corrected chi connectivity index (χ4v) is 8.05. The summed E-state index contributed by atoms with van der Waals surface area (Å²) in [5.74, 6) is 5.38. The molecule has 25 heavy (non-hydrogen) atoms. The molecule has 3 heteroatoms. The predicted molar refractivity (Wildman–Crippen MR) is 101 cm³/mol. The number of hydrogen-bond donors (Lipinski definition) is 2. The molecule has 144 valence electrons. The monoisotopic (exact) mass is 349 g/mol. The van der Waals surface area contributed by atoms with Gasteiger partial charge in [0.05, 0.1) is 12.2 Å². The number of fused-ring (bicyclic) bond motifs is 5. The number of rotatable bonds is 4. The molecule has 0 amide bonds. The van der Waals surface area contributed by atoms with Gasteiger partial charge in [-0.3, -0.25) is 0 Å². The van der Waals surface area contributed by atoms with E-state index >= 15 is 0 Å². The van der Waals surface area contributed by atoms with E-state index in [1.807, 2.05) is 0 Å². The van der Waals surface area contributed by atoms with Crippen LogP contribution in [0.1, 0.15) is 64.7 Å². The van der Waals surface area contributed by atoms with Crippen molar-refractivity contribution in [1.82, 2.24) is 5.32 Å². The molecule has 4 fully saturated rings. The van der Waals surface area contributed by atoms with Crippen LogP contribution < -0.4 is 5.32 Å². The van der Waals surface area contributed by atoms with Gasteiger partial charge in [0.1, 0.15) is 0 Å². The third-order valence-corrected chi connectivity index (χ3v) is 9.16. The van der Waals surface area contributed by atoms with Crippen LogP contribution in [-0.2, 0) is 4.74 Å². The second-order valence-electron chi connectivity index (χ2n) is 10.2. The van der Waals surface area contributed by atoms with E-state index in [-0.39, 0.29) is 0 Å². The van der Waals surface area contributed by atoms with E-state index < -0.39 is 5.60 Å². The standard InChI is InChI=1S/C22H39NO2/c1-21-10-8-18-17-9-11-22(24,14-25-3)12-15(17)4-6-19(18)20(21)7-5-16(21)13-23-2/h15-20,23-24H,4-14H2,1-3H3. The molecule has 0 aliphatic heterocycles. The number of hydrogen-bond acceptors (Lipinski definition) is 3. The summed E-state index contributed by atoms with van der Waals surface area (Å²) in [5.41, 5.74) is 0.0413. The Balaban J connectivity index is 1.48. The molecule has 0 spiro atoms. The fraction of sp³-hybridized carbons (Fsp3) is 1.00. The Morgan fingerprint density at radius 2 is 1.80 bits per heavy atom. The molecular formula is C22H39NO2. The Kier molecular flexibility index (Phi) is 4.96. The molecule has 0 bridgehead atoms. The van der Waals surface area contributed by atoms with Gasteiger partial charge in [0.2, 0.25) is 0 Å². The molecule has 0 aromatic rings. The molecule has 4 saturated carbocycles. The van der Waals surface area contributed by atoms with Gasteiger partial charge in [-0.2, -0.15) is 0 Å². The number of nitrogens with one attached hydrogen (secondary N) is 1. The fourth-order valence-electron chi connectivity index (χ4n) is 8.05. The normalized spacial score (nSPS) is 52.3. The first-order chi connectivity index (χ1) is 12.0. The Bertz CT molecular complexity index is 483. The zero-order valence-electron chi connectivity index (χ0n) is 16.6. The molecule has 0 aromatic heterocycles. The third-order valence-electron chi connectivity index (χ3n) is 9.16. The highest BCUT2D eigenvalue weighted by molar-refractivity contribution is 5.07. The molecule has 8 atom stereocenters. The smallest absolute Gasteiger partial charge is 0.0882 e. The molecule has 3 nitrogen and oxygen atoms in total. The van der Waals surface area contributed by atoms with Gasteiger partial charge in [-0.25, -0.2) is 0 Å². The van der Waals surface area contributed by atoms with E-state index in [1.165, 1.54) is 51.5 Å². The molecule has 4 aliphatic carbocycles. The maximum atomic E-state index is 10.9. The second kappa shape index (κ2) is 6.80. The van der Waals surface area contributed by atoms with Gasteiger partial charge in [0, 0.05) is 7.11 Å². The van der Waals surface area contributed by atoms with Crippen LogP contribution in [0.4, 0.5) is 0 Å². The van der Waals surface area contributed by atoms with Crippen LogP contribution in [0.5, 0.6) is 0 Å². The first-order valence-electron chi connectivity index (χ1n) is 10.9. The Labute approximate surface area is 154 Å². The first kappa shape index (κ1) is 18.3. The SMILES string of the molecule is CNCC1CCC2C3CCC4CC(O)(COC)CCC4C3CCC12C. The number of methoxy groups -OCH3 is 1. The van der Waals surface area contributed by atoms with Crippen molar-refractivity contribution >= 4 is 0 Å². The lowest BCUT2D eigenvalue weighted by atomic mass is 9.49. The van der Waals surface area contributed by atoms with E-state index in [4.69, 9.17) is 4.74 Å². The zero-order chi connectivity index (χ0) is 17.7. The highest BCUT2D eigenvalue weighted by Crippen LogP contribution is 2.64. The quantitative estimate of drug-likeness (QED) is 0.810. The topological polar surface area (TPSA) is 41.5 Å². The third kappa shape index (κ3) is 2.99. The molecule has 0 heterocycles. The van der Waals surface area contributed by atoms with E-state index in [0.29, 0.717) is 12.0 Å². The van der Waals surface area contributed by atoms with Crippen molar-refractivity contribution in [3.8, 4) is 0 Å². The van der Waals surface area contributed by atoms with Crippen molar-refractivity contribution < 1.29 is 9.84 Å². The molecule has 4 rings (SSSR count). The van der Waals surface area contributed by atoms with Crippen LogP contribution in [0.2, 0.25) is 0 Å². The van der Waals surface area contributed by atoms with Gasteiger partial charge >= 0.3 is 0 Å². The van der Waals surface area contributed by atoms with Crippen LogP contribution in [0.15, 0.2) is 0 Å². The maximum absolute atomic E-state index is 10.9. The Morgan fingerprint density at radius 1 is 1.00 bits per heavy atom. The Morgan fingerprint density at radius 3 is 2.56 bits per heavy atom. The molecular weight excluding hydrogens is 310 g/mol. The lowest BCUT2D eigenvalue weighted by molar-refractivity contribution is -0.124. The summed E-state index contributed by atoms with van der Waals surface area (Å²) in [6, 6.07) is 0. The summed E-state index contributed by atoms with van der Waals surface area (Å²) in [7, 11) is 3.85.